The molecule has 1 heterocycles. The number of amides is 1. The minimum absolute atomic E-state index is 0.293. The molecule has 3 N–H and O–H groups in total. The Morgan fingerprint density at radius 1 is 1.25 bits per heavy atom. The number of nitrogens with zero attached hydrogens (tertiary/aromatic N) is 2. The van der Waals surface area contributed by atoms with E-state index < -0.39 is 0 Å². The molecule has 0 fully saturated rings. The topological polar surface area (TPSA) is 82.2 Å². The lowest BCUT2D eigenvalue weighted by Crippen LogP contribution is -2.13. The molecular weight excluding hydrogens is 304 g/mol. The molecule has 0 unspecified atom stereocenters. The average molecular weight is 322 g/mol. The third-order valence-corrected chi connectivity index (χ3v) is 3.55. The lowest BCUT2D eigenvalue weighted by atomic mass is 10.1. The van der Waals surface area contributed by atoms with Gasteiger partial charge in [-0.3, -0.25) is 9.48 Å². The summed E-state index contributed by atoms with van der Waals surface area (Å²) in [5, 5.41) is 7.07. The average Bonchev–Trinajstić information content (AvgIpc) is 3.02. The number of carbonyl (C=O) groups excluding carboxylic acids is 1. The van der Waals surface area contributed by atoms with E-state index in [1.807, 2.05) is 30.3 Å². The molecule has 3 rings (SSSR count). The van der Waals surface area contributed by atoms with Crippen molar-refractivity contribution in [2.75, 3.05) is 18.2 Å². The second kappa shape index (κ2) is 6.87. The second-order valence-corrected chi connectivity index (χ2v) is 5.33. The van der Waals surface area contributed by atoms with E-state index in [1.54, 1.807) is 35.3 Å². The molecule has 0 bridgehead atoms. The van der Waals surface area contributed by atoms with Gasteiger partial charge < -0.3 is 15.8 Å². The first-order valence-corrected chi connectivity index (χ1v) is 7.47. The van der Waals surface area contributed by atoms with E-state index in [4.69, 9.17) is 10.5 Å². The third-order valence-electron chi connectivity index (χ3n) is 3.55. The number of anilines is 2. The number of nitrogens with two attached hydrogens (primary N) is 1. The quantitative estimate of drug-likeness (QED) is 0.708. The van der Waals surface area contributed by atoms with Crippen molar-refractivity contribution in [2.45, 2.75) is 6.54 Å². The van der Waals surface area contributed by atoms with Crippen LogP contribution in [-0.2, 0) is 6.54 Å². The van der Waals surface area contributed by atoms with E-state index in [0.29, 0.717) is 29.2 Å². The van der Waals surface area contributed by atoms with Gasteiger partial charge in [-0.05, 0) is 23.8 Å². The Morgan fingerprint density at radius 3 is 2.79 bits per heavy atom. The molecule has 2 aromatic carbocycles. The number of hydrogen-bond donors (Lipinski definition) is 2. The van der Waals surface area contributed by atoms with Crippen molar-refractivity contribution < 1.29 is 9.53 Å². The van der Waals surface area contributed by atoms with Gasteiger partial charge in [-0.25, -0.2) is 0 Å². The van der Waals surface area contributed by atoms with Gasteiger partial charge in [-0.2, -0.15) is 5.10 Å². The molecule has 1 amide bonds. The van der Waals surface area contributed by atoms with Gasteiger partial charge in [0.25, 0.3) is 5.91 Å². The molecule has 122 valence electrons. The highest BCUT2D eigenvalue weighted by Gasteiger charge is 2.13. The minimum atomic E-state index is -0.293. The summed E-state index contributed by atoms with van der Waals surface area (Å²) in [7, 11) is 1.51. The summed E-state index contributed by atoms with van der Waals surface area (Å²) in [4.78, 5) is 12.4. The Balaban J connectivity index is 1.73. The van der Waals surface area contributed by atoms with E-state index in [-0.39, 0.29) is 5.91 Å². The summed E-state index contributed by atoms with van der Waals surface area (Å²) in [6, 6.07) is 14.9. The number of aromatic nitrogens is 2. The lowest BCUT2D eigenvalue weighted by molar-refractivity contribution is 0.102. The maximum Gasteiger partial charge on any atom is 0.259 e. The van der Waals surface area contributed by atoms with Gasteiger partial charge in [-0.1, -0.05) is 30.3 Å². The standard InChI is InChI=1S/C18H18N4O2/c1-24-17-8-7-14(19)9-16(17)18(23)21-15-10-20-22(12-15)11-13-5-3-2-4-6-13/h2-10,12H,11,19H2,1H3,(H,21,23). The van der Waals surface area contributed by atoms with E-state index in [9.17, 15) is 4.79 Å². The van der Waals surface area contributed by atoms with Crippen LogP contribution in [0.2, 0.25) is 0 Å². The molecule has 0 aliphatic carbocycles. The molecule has 0 aliphatic rings. The highest BCUT2D eigenvalue weighted by molar-refractivity contribution is 6.06. The van der Waals surface area contributed by atoms with Crippen LogP contribution in [-0.4, -0.2) is 22.8 Å². The first kappa shape index (κ1) is 15.6. The van der Waals surface area contributed by atoms with Gasteiger partial charge in [0.2, 0.25) is 0 Å². The molecule has 0 saturated heterocycles. The second-order valence-electron chi connectivity index (χ2n) is 5.33. The number of nitrogen functional groups attached to an aromatic ring is 1. The van der Waals surface area contributed by atoms with Crippen LogP contribution in [0.25, 0.3) is 0 Å². The molecule has 6 heteroatoms. The fraction of sp³-hybridized carbons (Fsp3) is 0.111. The van der Waals surface area contributed by atoms with Crippen molar-refractivity contribution >= 4 is 17.3 Å². The maximum absolute atomic E-state index is 12.4. The zero-order valence-corrected chi connectivity index (χ0v) is 13.3. The van der Waals surface area contributed by atoms with E-state index in [2.05, 4.69) is 10.4 Å². The van der Waals surface area contributed by atoms with Crippen LogP contribution < -0.4 is 15.8 Å². The van der Waals surface area contributed by atoms with Gasteiger partial charge in [0, 0.05) is 11.9 Å². The predicted molar refractivity (Wildman–Crippen MR) is 93.1 cm³/mol. The lowest BCUT2D eigenvalue weighted by Gasteiger charge is -2.09. The minimum Gasteiger partial charge on any atom is -0.496 e. The number of nitrogens with one attached hydrogen (secondary N) is 1. The van der Waals surface area contributed by atoms with Crippen molar-refractivity contribution in [1.82, 2.24) is 9.78 Å². The number of ether oxygens (including phenoxy) is 1. The smallest absolute Gasteiger partial charge is 0.259 e. The van der Waals surface area contributed by atoms with Crippen molar-refractivity contribution in [1.29, 1.82) is 0 Å². The summed E-state index contributed by atoms with van der Waals surface area (Å²) in [5.41, 5.74) is 8.38. The predicted octanol–water partition coefficient (Wildman–Crippen LogP) is 2.77. The molecule has 0 aliphatic heterocycles. The Labute approximate surface area is 139 Å². The molecule has 0 saturated carbocycles. The summed E-state index contributed by atoms with van der Waals surface area (Å²) in [6.07, 6.45) is 3.39. The molecule has 24 heavy (non-hydrogen) atoms. The first-order chi connectivity index (χ1) is 11.7. The molecule has 3 aromatic rings. The summed E-state index contributed by atoms with van der Waals surface area (Å²) in [5.74, 6) is 0.178. The monoisotopic (exact) mass is 322 g/mol. The van der Waals surface area contributed by atoms with Crippen LogP contribution in [0, 0.1) is 0 Å². The van der Waals surface area contributed by atoms with E-state index in [1.165, 1.54) is 7.11 Å². The fourth-order valence-corrected chi connectivity index (χ4v) is 2.39. The third kappa shape index (κ3) is 3.55. The Morgan fingerprint density at radius 2 is 2.04 bits per heavy atom. The molecular formula is C18H18N4O2. The number of methoxy groups -OCH3 is 1. The largest absolute Gasteiger partial charge is 0.496 e. The molecule has 0 atom stereocenters. The zero-order valence-electron chi connectivity index (χ0n) is 13.3. The van der Waals surface area contributed by atoms with Crippen LogP contribution in [0.5, 0.6) is 5.75 Å². The molecule has 1 aromatic heterocycles. The van der Waals surface area contributed by atoms with Crippen LogP contribution in [0.1, 0.15) is 15.9 Å². The van der Waals surface area contributed by atoms with Crippen molar-refractivity contribution in [3.05, 3.63) is 72.1 Å². The molecule has 0 radical (unpaired) electrons. The Kier molecular flexibility index (Phi) is 4.47. The SMILES string of the molecule is COc1ccc(N)cc1C(=O)Nc1cnn(Cc2ccccc2)c1. The highest BCUT2D eigenvalue weighted by atomic mass is 16.5. The number of carbonyl (C=O) groups is 1. The van der Waals surface area contributed by atoms with Crippen LogP contribution in [0.15, 0.2) is 60.9 Å². The van der Waals surface area contributed by atoms with Gasteiger partial charge in [0.1, 0.15) is 5.75 Å². The van der Waals surface area contributed by atoms with Gasteiger partial charge in [0.05, 0.1) is 31.1 Å². The number of benzene rings is 2. The molecule has 6 nitrogen and oxygen atoms in total. The Bertz CT molecular complexity index is 843. The summed E-state index contributed by atoms with van der Waals surface area (Å²) in [6.45, 7) is 0.637. The van der Waals surface area contributed by atoms with Gasteiger partial charge >= 0.3 is 0 Å². The number of rotatable bonds is 5. The van der Waals surface area contributed by atoms with E-state index in [0.717, 1.165) is 5.56 Å². The van der Waals surface area contributed by atoms with E-state index >= 15 is 0 Å². The van der Waals surface area contributed by atoms with Crippen LogP contribution in [0.4, 0.5) is 11.4 Å². The highest BCUT2D eigenvalue weighted by Crippen LogP contribution is 2.22. The zero-order chi connectivity index (χ0) is 16.9. The van der Waals surface area contributed by atoms with Crippen molar-refractivity contribution in [2.24, 2.45) is 0 Å². The van der Waals surface area contributed by atoms with Gasteiger partial charge in [-0.15, -0.1) is 0 Å². The normalized spacial score (nSPS) is 10.4. The Hall–Kier alpha value is -3.28. The van der Waals surface area contributed by atoms with Gasteiger partial charge in [0.15, 0.2) is 0 Å². The van der Waals surface area contributed by atoms with Crippen LogP contribution in [0.3, 0.4) is 0 Å². The first-order valence-electron chi connectivity index (χ1n) is 7.47. The summed E-state index contributed by atoms with van der Waals surface area (Å²) >= 11 is 0. The van der Waals surface area contributed by atoms with Crippen molar-refractivity contribution in [3.8, 4) is 5.75 Å². The fourth-order valence-electron chi connectivity index (χ4n) is 2.39. The van der Waals surface area contributed by atoms with Crippen LogP contribution >= 0.6 is 0 Å². The van der Waals surface area contributed by atoms with Crippen molar-refractivity contribution in [3.63, 3.8) is 0 Å². The molecule has 0 spiro atoms. The maximum atomic E-state index is 12.4. The number of hydrogen-bond acceptors (Lipinski definition) is 4. The summed E-state index contributed by atoms with van der Waals surface area (Å²) < 4.78 is 6.97.